The molecule has 0 aliphatic heterocycles. The van der Waals surface area contributed by atoms with E-state index in [4.69, 9.17) is 0 Å². The molecule has 0 saturated heterocycles. The Kier molecular flexibility index (Phi) is 3.71. The molecule has 0 aliphatic carbocycles. The van der Waals surface area contributed by atoms with Crippen molar-refractivity contribution >= 4 is 0 Å². The second-order valence-corrected chi connectivity index (χ2v) is 5.81. The fourth-order valence-electron chi connectivity index (χ4n) is 1.83. The number of rotatable bonds is 3. The molecular weight excluding hydrogens is 241 g/mol. The van der Waals surface area contributed by atoms with E-state index in [0.717, 1.165) is 11.3 Å². The summed E-state index contributed by atoms with van der Waals surface area (Å²) in [7, 11) is 0. The topological polar surface area (TPSA) is 29.9 Å². The first-order chi connectivity index (χ1) is 8.87. The van der Waals surface area contributed by atoms with Gasteiger partial charge in [-0.3, -0.25) is 4.57 Å². The van der Waals surface area contributed by atoms with Crippen molar-refractivity contribution in [2.75, 3.05) is 0 Å². The van der Waals surface area contributed by atoms with Gasteiger partial charge in [-0.15, -0.1) is 0 Å². The summed E-state index contributed by atoms with van der Waals surface area (Å²) in [6, 6.07) is 5.09. The third kappa shape index (κ3) is 3.41. The van der Waals surface area contributed by atoms with Crippen LogP contribution >= 0.6 is 0 Å². The van der Waals surface area contributed by atoms with Crippen molar-refractivity contribution in [1.82, 2.24) is 14.9 Å². The predicted molar refractivity (Wildman–Crippen MR) is 74.9 cm³/mol. The molecule has 0 aliphatic rings. The maximum absolute atomic E-state index is 13.9. The number of imidazole rings is 1. The Morgan fingerprint density at radius 1 is 1.32 bits per heavy atom. The lowest BCUT2D eigenvalue weighted by atomic mass is 10.1. The van der Waals surface area contributed by atoms with E-state index in [1.165, 1.54) is 6.07 Å². The SMILES string of the molecule is Cc1ccc(F)c(-n2cncc2CNC(C)(C)C)c1. The average molecular weight is 261 g/mol. The van der Waals surface area contributed by atoms with Gasteiger partial charge >= 0.3 is 0 Å². The lowest BCUT2D eigenvalue weighted by Gasteiger charge is -2.21. The first kappa shape index (κ1) is 13.7. The Labute approximate surface area is 113 Å². The number of halogens is 1. The molecule has 0 spiro atoms. The molecule has 102 valence electrons. The Hall–Kier alpha value is -1.68. The largest absolute Gasteiger partial charge is 0.306 e. The Morgan fingerprint density at radius 2 is 2.05 bits per heavy atom. The molecule has 4 heteroatoms. The lowest BCUT2D eigenvalue weighted by molar-refractivity contribution is 0.419. The Balaban J connectivity index is 2.31. The molecular formula is C15H20FN3. The molecule has 0 fully saturated rings. The summed E-state index contributed by atoms with van der Waals surface area (Å²) in [6.45, 7) is 8.90. The summed E-state index contributed by atoms with van der Waals surface area (Å²) in [6.07, 6.45) is 3.41. The maximum atomic E-state index is 13.9. The van der Waals surface area contributed by atoms with Crippen molar-refractivity contribution in [2.45, 2.75) is 39.8 Å². The summed E-state index contributed by atoms with van der Waals surface area (Å²) in [4.78, 5) is 4.13. The van der Waals surface area contributed by atoms with Crippen LogP contribution in [0.3, 0.4) is 0 Å². The van der Waals surface area contributed by atoms with Crippen molar-refractivity contribution in [3.8, 4) is 5.69 Å². The summed E-state index contributed by atoms with van der Waals surface area (Å²) in [5, 5.41) is 3.39. The molecule has 3 nitrogen and oxygen atoms in total. The molecule has 0 amide bonds. The molecule has 0 unspecified atom stereocenters. The second-order valence-electron chi connectivity index (χ2n) is 5.81. The Bertz CT molecular complexity index is 567. The van der Waals surface area contributed by atoms with Crippen LogP contribution in [0.25, 0.3) is 5.69 Å². The molecule has 0 bridgehead atoms. The van der Waals surface area contributed by atoms with Crippen molar-refractivity contribution in [3.05, 3.63) is 47.8 Å². The average Bonchev–Trinajstić information content (AvgIpc) is 2.77. The second kappa shape index (κ2) is 5.13. The van der Waals surface area contributed by atoms with Crippen LogP contribution in [0.4, 0.5) is 4.39 Å². The van der Waals surface area contributed by atoms with Crippen molar-refractivity contribution in [3.63, 3.8) is 0 Å². The van der Waals surface area contributed by atoms with E-state index >= 15 is 0 Å². The highest BCUT2D eigenvalue weighted by Gasteiger charge is 2.13. The van der Waals surface area contributed by atoms with Gasteiger partial charge in [-0.1, -0.05) is 6.07 Å². The van der Waals surface area contributed by atoms with Crippen LogP contribution in [0.1, 0.15) is 32.0 Å². The minimum Gasteiger partial charge on any atom is -0.306 e. The number of hydrogen-bond acceptors (Lipinski definition) is 2. The number of nitrogens with one attached hydrogen (secondary N) is 1. The first-order valence-corrected chi connectivity index (χ1v) is 6.39. The number of nitrogens with zero attached hydrogens (tertiary/aromatic N) is 2. The van der Waals surface area contributed by atoms with Crippen molar-refractivity contribution in [2.24, 2.45) is 0 Å². The molecule has 2 rings (SSSR count). The van der Waals surface area contributed by atoms with Gasteiger partial charge in [-0.05, 0) is 45.4 Å². The number of benzene rings is 1. The summed E-state index contributed by atoms with van der Waals surface area (Å²) >= 11 is 0. The molecule has 0 radical (unpaired) electrons. The highest BCUT2D eigenvalue weighted by atomic mass is 19.1. The minimum atomic E-state index is -0.236. The third-order valence-electron chi connectivity index (χ3n) is 2.88. The van der Waals surface area contributed by atoms with E-state index in [2.05, 4.69) is 31.1 Å². The fraction of sp³-hybridized carbons (Fsp3) is 0.400. The lowest BCUT2D eigenvalue weighted by Crippen LogP contribution is -2.35. The number of hydrogen-bond donors (Lipinski definition) is 1. The number of aromatic nitrogens is 2. The van der Waals surface area contributed by atoms with Gasteiger partial charge in [0.2, 0.25) is 0 Å². The molecule has 1 aromatic carbocycles. The third-order valence-corrected chi connectivity index (χ3v) is 2.88. The standard InChI is InChI=1S/C15H20FN3/c1-11-5-6-13(16)14(7-11)19-10-17-8-12(19)9-18-15(2,3)4/h5-8,10,18H,9H2,1-4H3. The highest BCUT2D eigenvalue weighted by Crippen LogP contribution is 2.17. The zero-order valence-electron chi connectivity index (χ0n) is 11.9. The van der Waals surface area contributed by atoms with Gasteiger partial charge in [0.05, 0.1) is 17.7 Å². The maximum Gasteiger partial charge on any atom is 0.147 e. The molecule has 19 heavy (non-hydrogen) atoms. The van der Waals surface area contributed by atoms with E-state index < -0.39 is 0 Å². The summed E-state index contributed by atoms with van der Waals surface area (Å²) in [5.41, 5.74) is 2.53. The zero-order chi connectivity index (χ0) is 14.0. The van der Waals surface area contributed by atoms with Gasteiger partial charge in [0, 0.05) is 18.3 Å². The van der Waals surface area contributed by atoms with Gasteiger partial charge in [0.25, 0.3) is 0 Å². The molecule has 1 N–H and O–H groups in total. The normalized spacial score (nSPS) is 11.8. The molecule has 2 aromatic rings. The molecule has 1 heterocycles. The zero-order valence-corrected chi connectivity index (χ0v) is 11.9. The molecule has 1 aromatic heterocycles. The van der Waals surface area contributed by atoms with Crippen LogP contribution in [-0.4, -0.2) is 15.1 Å². The summed E-state index contributed by atoms with van der Waals surface area (Å²) < 4.78 is 15.7. The van der Waals surface area contributed by atoms with Gasteiger partial charge < -0.3 is 5.32 Å². The van der Waals surface area contributed by atoms with E-state index in [0.29, 0.717) is 12.2 Å². The number of aryl methyl sites for hydroxylation is 1. The monoisotopic (exact) mass is 261 g/mol. The smallest absolute Gasteiger partial charge is 0.147 e. The van der Waals surface area contributed by atoms with E-state index in [1.807, 2.05) is 13.0 Å². The van der Waals surface area contributed by atoms with Crippen LogP contribution in [0, 0.1) is 12.7 Å². The van der Waals surface area contributed by atoms with Gasteiger partial charge in [-0.2, -0.15) is 0 Å². The van der Waals surface area contributed by atoms with Crippen LogP contribution < -0.4 is 5.32 Å². The van der Waals surface area contributed by atoms with E-state index in [9.17, 15) is 4.39 Å². The van der Waals surface area contributed by atoms with Gasteiger partial charge in [-0.25, -0.2) is 9.37 Å². The Morgan fingerprint density at radius 3 is 2.74 bits per heavy atom. The predicted octanol–water partition coefficient (Wildman–Crippen LogP) is 3.21. The molecule has 0 saturated carbocycles. The highest BCUT2D eigenvalue weighted by molar-refractivity contribution is 5.38. The van der Waals surface area contributed by atoms with E-state index in [1.54, 1.807) is 23.2 Å². The van der Waals surface area contributed by atoms with Gasteiger partial charge in [0.1, 0.15) is 5.82 Å². The van der Waals surface area contributed by atoms with Crippen LogP contribution in [0.15, 0.2) is 30.7 Å². The van der Waals surface area contributed by atoms with Crippen LogP contribution in [0.5, 0.6) is 0 Å². The molecule has 0 atom stereocenters. The van der Waals surface area contributed by atoms with E-state index in [-0.39, 0.29) is 11.4 Å². The van der Waals surface area contributed by atoms with Crippen molar-refractivity contribution in [1.29, 1.82) is 0 Å². The quantitative estimate of drug-likeness (QED) is 0.919. The minimum absolute atomic E-state index is 0.0141. The first-order valence-electron chi connectivity index (χ1n) is 6.39. The summed E-state index contributed by atoms with van der Waals surface area (Å²) in [5.74, 6) is -0.236. The fourth-order valence-corrected chi connectivity index (χ4v) is 1.83. The van der Waals surface area contributed by atoms with Crippen LogP contribution in [-0.2, 0) is 6.54 Å². The van der Waals surface area contributed by atoms with Crippen molar-refractivity contribution < 1.29 is 4.39 Å². The van der Waals surface area contributed by atoms with Gasteiger partial charge in [0.15, 0.2) is 0 Å². The van der Waals surface area contributed by atoms with Crippen LogP contribution in [0.2, 0.25) is 0 Å².